The Balaban J connectivity index is 1.41. The van der Waals surface area contributed by atoms with Crippen LogP contribution in [0.2, 0.25) is 0 Å². The van der Waals surface area contributed by atoms with E-state index in [2.05, 4.69) is 69.2 Å². The van der Waals surface area contributed by atoms with Gasteiger partial charge in [0, 0.05) is 56.4 Å². The van der Waals surface area contributed by atoms with Gasteiger partial charge in [0.2, 0.25) is 10.0 Å². The van der Waals surface area contributed by atoms with Crippen molar-refractivity contribution in [3.63, 3.8) is 0 Å². The maximum atomic E-state index is 13.1. The smallest absolute Gasteiger partial charge is 0.251 e. The van der Waals surface area contributed by atoms with Crippen molar-refractivity contribution in [1.29, 1.82) is 0 Å². The molecule has 1 aliphatic rings. The van der Waals surface area contributed by atoms with Crippen LogP contribution in [-0.2, 0) is 10.0 Å². The summed E-state index contributed by atoms with van der Waals surface area (Å²) in [5.41, 5.74) is 2.20. The Morgan fingerprint density at radius 3 is 2.25 bits per heavy atom. The number of anilines is 1. The molecule has 0 radical (unpaired) electrons. The maximum Gasteiger partial charge on any atom is 0.251 e. The fourth-order valence-corrected chi connectivity index (χ4v) is 6.48. The van der Waals surface area contributed by atoms with Crippen LogP contribution in [0.4, 0.5) is 5.69 Å². The summed E-state index contributed by atoms with van der Waals surface area (Å²) in [7, 11) is -3.37. The Hall–Kier alpha value is -2.94. The number of carbonyl (C=O) groups excluding carboxylic acids is 1. The van der Waals surface area contributed by atoms with E-state index >= 15 is 0 Å². The van der Waals surface area contributed by atoms with Crippen molar-refractivity contribution in [2.75, 3.05) is 56.3 Å². The molecule has 1 atom stereocenters. The summed E-state index contributed by atoms with van der Waals surface area (Å²) >= 11 is 0. The Labute approximate surface area is 240 Å². The summed E-state index contributed by atoms with van der Waals surface area (Å²) in [6, 6.07) is 21.6. The first kappa shape index (κ1) is 30.0. The minimum absolute atomic E-state index is 0.0688. The molecule has 1 amide bonds. The van der Waals surface area contributed by atoms with Crippen LogP contribution < -0.4 is 10.0 Å². The van der Waals surface area contributed by atoms with Gasteiger partial charge in [-0.1, -0.05) is 69.2 Å². The van der Waals surface area contributed by atoms with E-state index in [0.717, 1.165) is 32.7 Å². The van der Waals surface area contributed by atoms with Crippen LogP contribution in [0.15, 0.2) is 66.7 Å². The molecule has 2 N–H and O–H groups in total. The highest BCUT2D eigenvalue weighted by Gasteiger charge is 2.22. The monoisotopic (exact) mass is 564 g/mol. The van der Waals surface area contributed by atoms with E-state index in [1.165, 1.54) is 42.1 Å². The predicted molar refractivity (Wildman–Crippen MR) is 166 cm³/mol. The third-order valence-corrected chi connectivity index (χ3v) is 9.16. The van der Waals surface area contributed by atoms with Crippen molar-refractivity contribution in [3.05, 3.63) is 77.9 Å². The summed E-state index contributed by atoms with van der Waals surface area (Å²) in [6.07, 6.45) is 4.36. The molecule has 0 spiro atoms. The largest absolute Gasteiger partial charge is 0.351 e. The minimum Gasteiger partial charge on any atom is -0.351 e. The third-order valence-electron chi connectivity index (χ3n) is 7.67. The highest BCUT2D eigenvalue weighted by atomic mass is 32.2. The lowest BCUT2D eigenvalue weighted by atomic mass is 9.95. The van der Waals surface area contributed by atoms with Crippen molar-refractivity contribution in [2.24, 2.45) is 0 Å². The van der Waals surface area contributed by atoms with Gasteiger partial charge in [0.05, 0.1) is 5.75 Å². The van der Waals surface area contributed by atoms with E-state index in [1.54, 1.807) is 24.3 Å². The van der Waals surface area contributed by atoms with E-state index < -0.39 is 10.0 Å². The van der Waals surface area contributed by atoms with Crippen molar-refractivity contribution in [2.45, 2.75) is 45.4 Å². The lowest BCUT2D eigenvalue weighted by Crippen LogP contribution is -2.48. The summed E-state index contributed by atoms with van der Waals surface area (Å²) in [6.45, 7) is 10.9. The highest BCUT2D eigenvalue weighted by Crippen LogP contribution is 2.23. The number of hydrogen-bond acceptors (Lipinski definition) is 5. The first-order chi connectivity index (χ1) is 19.4. The van der Waals surface area contributed by atoms with E-state index in [1.807, 2.05) is 6.92 Å². The van der Waals surface area contributed by atoms with Crippen LogP contribution in [0.3, 0.4) is 0 Å². The fraction of sp³-hybridized carbons (Fsp3) is 0.469. The standard InChI is InChI=1S/C32H44N4O3S/c1-3-5-8-17-35-18-20-36(21-19-35)25-30(29-12-11-26-9-6-7-10-28(26)23-29)24-33-32(37)27-13-15-31(16-14-27)34-40(38,39)22-4-2/h6-7,9-16,23,30,34H,3-5,8,17-22,24-25H2,1-2H3,(H,33,37). The van der Waals surface area contributed by atoms with Crippen LogP contribution in [0.5, 0.6) is 0 Å². The third kappa shape index (κ3) is 8.78. The topological polar surface area (TPSA) is 81.8 Å². The molecule has 3 aromatic rings. The number of fused-ring (bicyclic) bond motifs is 1. The molecule has 8 heteroatoms. The molecular weight excluding hydrogens is 520 g/mol. The molecule has 0 aliphatic carbocycles. The summed E-state index contributed by atoms with van der Waals surface area (Å²) < 4.78 is 26.7. The average Bonchev–Trinajstić information content (AvgIpc) is 2.96. The van der Waals surface area contributed by atoms with Gasteiger partial charge in [-0.15, -0.1) is 0 Å². The predicted octanol–water partition coefficient (Wildman–Crippen LogP) is 5.31. The molecule has 1 unspecified atom stereocenters. The Morgan fingerprint density at radius 1 is 0.850 bits per heavy atom. The second-order valence-electron chi connectivity index (χ2n) is 10.9. The minimum atomic E-state index is -3.37. The lowest BCUT2D eigenvalue weighted by Gasteiger charge is -2.36. The van der Waals surface area contributed by atoms with Gasteiger partial charge in [0.15, 0.2) is 0 Å². The van der Waals surface area contributed by atoms with Gasteiger partial charge in [0.25, 0.3) is 5.91 Å². The Morgan fingerprint density at radius 2 is 1.55 bits per heavy atom. The number of amides is 1. The van der Waals surface area contributed by atoms with Crippen LogP contribution in [0.25, 0.3) is 10.8 Å². The molecule has 0 aromatic heterocycles. The number of nitrogens with one attached hydrogen (secondary N) is 2. The van der Waals surface area contributed by atoms with E-state index in [9.17, 15) is 13.2 Å². The molecule has 1 fully saturated rings. The number of unbranched alkanes of at least 4 members (excludes halogenated alkanes) is 2. The molecule has 216 valence electrons. The summed E-state index contributed by atoms with van der Waals surface area (Å²) in [5.74, 6) is 0.0640. The number of carbonyl (C=O) groups is 1. The zero-order valence-corrected chi connectivity index (χ0v) is 24.8. The molecule has 7 nitrogen and oxygen atoms in total. The van der Waals surface area contributed by atoms with Gasteiger partial charge in [-0.05, 0) is 60.0 Å². The van der Waals surface area contributed by atoms with Crippen LogP contribution >= 0.6 is 0 Å². The first-order valence-electron chi connectivity index (χ1n) is 14.7. The number of piperazine rings is 1. The number of hydrogen-bond donors (Lipinski definition) is 2. The maximum absolute atomic E-state index is 13.1. The van der Waals surface area contributed by atoms with Crippen LogP contribution in [0, 0.1) is 0 Å². The van der Waals surface area contributed by atoms with E-state index in [-0.39, 0.29) is 17.6 Å². The Bertz CT molecular complexity index is 1340. The van der Waals surface area contributed by atoms with E-state index in [4.69, 9.17) is 0 Å². The molecule has 1 aliphatic heterocycles. The normalized spacial score (nSPS) is 15.7. The molecule has 40 heavy (non-hydrogen) atoms. The fourth-order valence-electron chi connectivity index (χ4n) is 5.35. The zero-order valence-electron chi connectivity index (χ0n) is 23.9. The molecule has 0 saturated carbocycles. The number of sulfonamides is 1. The van der Waals surface area contributed by atoms with Gasteiger partial charge in [0.1, 0.15) is 0 Å². The summed E-state index contributed by atoms with van der Waals surface area (Å²) in [4.78, 5) is 18.2. The molecule has 0 bridgehead atoms. The molecular formula is C32H44N4O3S. The lowest BCUT2D eigenvalue weighted by molar-refractivity contribution is 0.0941. The average molecular weight is 565 g/mol. The molecule has 4 rings (SSSR count). The zero-order chi connectivity index (χ0) is 28.4. The highest BCUT2D eigenvalue weighted by molar-refractivity contribution is 7.92. The van der Waals surface area contributed by atoms with Crippen molar-refractivity contribution in [3.8, 4) is 0 Å². The SMILES string of the molecule is CCCCCN1CCN(CC(CNC(=O)c2ccc(NS(=O)(=O)CCC)cc2)c2ccc3ccccc3c2)CC1. The quantitative estimate of drug-likeness (QED) is 0.259. The van der Waals surface area contributed by atoms with Gasteiger partial charge < -0.3 is 15.1 Å². The summed E-state index contributed by atoms with van der Waals surface area (Å²) in [5, 5.41) is 5.57. The van der Waals surface area contributed by atoms with Crippen LogP contribution in [0.1, 0.15) is 61.4 Å². The van der Waals surface area contributed by atoms with Gasteiger partial charge in [-0.25, -0.2) is 8.42 Å². The van der Waals surface area contributed by atoms with E-state index in [0.29, 0.717) is 24.2 Å². The molecule has 3 aromatic carbocycles. The number of nitrogens with zero attached hydrogens (tertiary/aromatic N) is 2. The van der Waals surface area contributed by atoms with Crippen LogP contribution in [-0.4, -0.2) is 75.7 Å². The van der Waals surface area contributed by atoms with Gasteiger partial charge >= 0.3 is 0 Å². The van der Waals surface area contributed by atoms with Gasteiger partial charge in [-0.3, -0.25) is 9.52 Å². The second kappa shape index (κ2) is 14.6. The van der Waals surface area contributed by atoms with Crippen molar-refractivity contribution in [1.82, 2.24) is 15.1 Å². The number of benzene rings is 3. The first-order valence-corrected chi connectivity index (χ1v) is 16.3. The molecule has 1 saturated heterocycles. The van der Waals surface area contributed by atoms with Gasteiger partial charge in [-0.2, -0.15) is 0 Å². The van der Waals surface area contributed by atoms with Crippen molar-refractivity contribution >= 4 is 32.4 Å². The van der Waals surface area contributed by atoms with Crippen molar-refractivity contribution < 1.29 is 13.2 Å². The Kier molecular flexibility index (Phi) is 11.0. The number of rotatable bonds is 14. The second-order valence-corrected chi connectivity index (χ2v) is 12.7. The molecule has 1 heterocycles.